The number of anilines is 2. The molecule has 0 spiro atoms. The topological polar surface area (TPSA) is 102 Å². The molecule has 0 atom stereocenters. The van der Waals surface area contributed by atoms with Crippen LogP contribution in [0.4, 0.5) is 11.4 Å². The van der Waals surface area contributed by atoms with E-state index < -0.39 is 15.9 Å². The number of hydrogen-bond acceptors (Lipinski definition) is 5. The van der Waals surface area contributed by atoms with Crippen molar-refractivity contribution >= 4 is 27.3 Å². The maximum Gasteiger partial charge on any atom is 0.239 e. The number of hydrogen-bond donors (Lipinski definition) is 2. The Morgan fingerprint density at radius 3 is 2.85 bits per heavy atom. The van der Waals surface area contributed by atoms with Crippen molar-refractivity contribution in [2.24, 2.45) is 0 Å². The van der Waals surface area contributed by atoms with E-state index in [1.807, 2.05) is 0 Å². The highest BCUT2D eigenvalue weighted by Gasteiger charge is 2.29. The maximum atomic E-state index is 11.9. The van der Waals surface area contributed by atoms with Gasteiger partial charge in [-0.3, -0.25) is 4.79 Å². The molecule has 1 amide bonds. The Labute approximate surface area is 117 Å². The number of nitrogens with two attached hydrogens (primary N) is 1. The number of amides is 1. The lowest BCUT2D eigenvalue weighted by molar-refractivity contribution is -0.116. The van der Waals surface area contributed by atoms with Gasteiger partial charge in [-0.15, -0.1) is 0 Å². The first-order valence-electron chi connectivity index (χ1n) is 6.13. The van der Waals surface area contributed by atoms with E-state index in [-0.39, 0.29) is 12.3 Å². The number of ether oxygens (including phenoxy) is 1. The lowest BCUT2D eigenvalue weighted by atomic mass is 10.2. The van der Waals surface area contributed by atoms with Crippen molar-refractivity contribution in [2.75, 3.05) is 37.0 Å². The van der Waals surface area contributed by atoms with E-state index >= 15 is 0 Å². The summed E-state index contributed by atoms with van der Waals surface area (Å²) in [5.41, 5.74) is 6.55. The summed E-state index contributed by atoms with van der Waals surface area (Å²) in [5.74, 6) is 0.236. The number of benzene rings is 1. The number of nitrogens with zero attached hydrogens (tertiary/aromatic N) is 1. The van der Waals surface area contributed by atoms with Crippen molar-refractivity contribution in [2.45, 2.75) is 6.42 Å². The quantitative estimate of drug-likeness (QED) is 0.776. The molecule has 0 radical (unpaired) electrons. The van der Waals surface area contributed by atoms with Gasteiger partial charge < -0.3 is 15.8 Å². The van der Waals surface area contributed by atoms with Gasteiger partial charge in [0.1, 0.15) is 5.75 Å². The molecule has 2 rings (SSSR count). The van der Waals surface area contributed by atoms with E-state index in [0.29, 0.717) is 30.1 Å². The summed E-state index contributed by atoms with van der Waals surface area (Å²) in [4.78, 5) is 11.9. The number of rotatable bonds is 4. The molecule has 0 aromatic heterocycles. The average Bonchev–Trinajstić information content (AvgIpc) is 2.71. The third kappa shape index (κ3) is 3.20. The van der Waals surface area contributed by atoms with Crippen molar-refractivity contribution in [3.63, 3.8) is 0 Å². The Balaban J connectivity index is 2.05. The lowest BCUT2D eigenvalue weighted by Crippen LogP contribution is -2.34. The van der Waals surface area contributed by atoms with Crippen molar-refractivity contribution in [1.29, 1.82) is 0 Å². The Kier molecular flexibility index (Phi) is 4.15. The number of carbonyl (C=O) groups is 1. The van der Waals surface area contributed by atoms with Gasteiger partial charge in [0.15, 0.2) is 0 Å². The van der Waals surface area contributed by atoms with Gasteiger partial charge in [0.2, 0.25) is 15.9 Å². The molecule has 7 nitrogen and oxygen atoms in total. The predicted octanol–water partition coefficient (Wildman–Crippen LogP) is 0.251. The van der Waals surface area contributed by atoms with Gasteiger partial charge in [0.05, 0.1) is 30.8 Å². The van der Waals surface area contributed by atoms with E-state index in [1.165, 1.54) is 11.4 Å². The molecule has 0 bridgehead atoms. The first-order chi connectivity index (χ1) is 9.42. The van der Waals surface area contributed by atoms with Gasteiger partial charge in [0, 0.05) is 12.6 Å². The number of carbonyl (C=O) groups excluding carboxylic acids is 1. The second kappa shape index (κ2) is 5.68. The maximum absolute atomic E-state index is 11.9. The third-order valence-electron chi connectivity index (χ3n) is 3.06. The van der Waals surface area contributed by atoms with Crippen LogP contribution in [-0.4, -0.2) is 44.6 Å². The van der Waals surface area contributed by atoms with Gasteiger partial charge in [-0.25, -0.2) is 8.42 Å². The molecule has 1 aromatic carbocycles. The van der Waals surface area contributed by atoms with Crippen molar-refractivity contribution in [1.82, 2.24) is 4.31 Å². The van der Waals surface area contributed by atoms with Crippen LogP contribution in [0.3, 0.4) is 0 Å². The third-order valence-corrected chi connectivity index (χ3v) is 4.96. The highest BCUT2D eigenvalue weighted by Crippen LogP contribution is 2.24. The average molecular weight is 299 g/mol. The summed E-state index contributed by atoms with van der Waals surface area (Å²) >= 11 is 0. The predicted molar refractivity (Wildman–Crippen MR) is 76.0 cm³/mol. The molecular weight excluding hydrogens is 282 g/mol. The molecule has 0 aliphatic carbocycles. The number of nitrogen functional groups attached to an aromatic ring is 1. The Hall–Kier alpha value is -1.80. The molecule has 1 saturated heterocycles. The molecule has 0 saturated carbocycles. The second-order valence-electron chi connectivity index (χ2n) is 4.50. The Morgan fingerprint density at radius 1 is 1.50 bits per heavy atom. The van der Waals surface area contributed by atoms with Gasteiger partial charge in [0.25, 0.3) is 0 Å². The summed E-state index contributed by atoms with van der Waals surface area (Å²) in [5, 5.41) is 2.60. The fourth-order valence-electron chi connectivity index (χ4n) is 1.99. The monoisotopic (exact) mass is 299 g/mol. The van der Waals surface area contributed by atoms with Gasteiger partial charge >= 0.3 is 0 Å². The van der Waals surface area contributed by atoms with Crippen LogP contribution in [0.15, 0.2) is 18.2 Å². The smallest absolute Gasteiger partial charge is 0.239 e. The van der Waals surface area contributed by atoms with Crippen LogP contribution in [0, 0.1) is 0 Å². The molecule has 1 heterocycles. The van der Waals surface area contributed by atoms with Crippen molar-refractivity contribution < 1.29 is 17.9 Å². The van der Waals surface area contributed by atoms with Gasteiger partial charge in [-0.2, -0.15) is 4.31 Å². The molecule has 110 valence electrons. The van der Waals surface area contributed by atoms with Crippen LogP contribution in [0.1, 0.15) is 6.42 Å². The fraction of sp³-hybridized carbons (Fsp3) is 0.417. The largest absolute Gasteiger partial charge is 0.497 e. The minimum absolute atomic E-state index is 0.0988. The SMILES string of the molecule is COc1ccc(N)c(NC(=O)CN2CCCS2(=O)=O)c1. The number of methoxy groups -OCH3 is 1. The van der Waals surface area contributed by atoms with Gasteiger partial charge in [-0.1, -0.05) is 0 Å². The molecule has 1 aromatic rings. The van der Waals surface area contributed by atoms with Crippen LogP contribution in [0.25, 0.3) is 0 Å². The summed E-state index contributed by atoms with van der Waals surface area (Å²) in [6, 6.07) is 4.88. The molecule has 8 heteroatoms. The summed E-state index contributed by atoms with van der Waals surface area (Å²) < 4.78 is 29.5. The van der Waals surface area contributed by atoms with Crippen LogP contribution in [0.2, 0.25) is 0 Å². The van der Waals surface area contributed by atoms with Crippen LogP contribution in [-0.2, 0) is 14.8 Å². The number of nitrogens with one attached hydrogen (secondary N) is 1. The van der Waals surface area contributed by atoms with Crippen molar-refractivity contribution in [3.05, 3.63) is 18.2 Å². The first kappa shape index (κ1) is 14.6. The summed E-state index contributed by atoms with van der Waals surface area (Å²) in [6.45, 7) is 0.183. The zero-order valence-electron chi connectivity index (χ0n) is 11.1. The van der Waals surface area contributed by atoms with Crippen molar-refractivity contribution in [3.8, 4) is 5.75 Å². The Morgan fingerprint density at radius 2 is 2.25 bits per heavy atom. The standard InChI is InChI=1S/C12H17N3O4S/c1-19-9-3-4-10(13)11(7-9)14-12(16)8-15-5-2-6-20(15,17)18/h3-4,7H,2,5-6,8,13H2,1H3,(H,14,16). The van der Waals surface area contributed by atoms with E-state index in [9.17, 15) is 13.2 Å². The molecule has 0 unspecified atom stereocenters. The zero-order valence-corrected chi connectivity index (χ0v) is 11.9. The molecule has 20 heavy (non-hydrogen) atoms. The van der Waals surface area contributed by atoms with E-state index in [1.54, 1.807) is 18.2 Å². The fourth-order valence-corrected chi connectivity index (χ4v) is 3.46. The van der Waals surface area contributed by atoms with E-state index in [0.717, 1.165) is 0 Å². The Bertz CT molecular complexity index is 615. The summed E-state index contributed by atoms with van der Waals surface area (Å²) in [6.07, 6.45) is 0.552. The molecule has 3 N–H and O–H groups in total. The van der Waals surface area contributed by atoms with E-state index in [4.69, 9.17) is 10.5 Å². The van der Waals surface area contributed by atoms with Crippen LogP contribution in [0.5, 0.6) is 5.75 Å². The van der Waals surface area contributed by atoms with E-state index in [2.05, 4.69) is 5.32 Å². The molecule has 1 fully saturated rings. The highest BCUT2D eigenvalue weighted by molar-refractivity contribution is 7.89. The highest BCUT2D eigenvalue weighted by atomic mass is 32.2. The zero-order chi connectivity index (χ0) is 14.8. The summed E-state index contributed by atoms with van der Waals surface area (Å²) in [7, 11) is -1.77. The normalized spacial score (nSPS) is 17.9. The molecule has 1 aliphatic heterocycles. The van der Waals surface area contributed by atoms with Crippen LogP contribution >= 0.6 is 0 Å². The minimum atomic E-state index is -3.28. The first-order valence-corrected chi connectivity index (χ1v) is 7.74. The second-order valence-corrected chi connectivity index (χ2v) is 6.59. The van der Waals surface area contributed by atoms with Crippen LogP contribution < -0.4 is 15.8 Å². The number of sulfonamides is 1. The van der Waals surface area contributed by atoms with Gasteiger partial charge in [-0.05, 0) is 18.6 Å². The molecule has 1 aliphatic rings. The minimum Gasteiger partial charge on any atom is -0.497 e. The lowest BCUT2D eigenvalue weighted by Gasteiger charge is -2.15. The molecular formula is C12H17N3O4S.